The Hall–Kier alpha value is -3.20. The highest BCUT2D eigenvalue weighted by molar-refractivity contribution is 5.67. The Morgan fingerprint density at radius 1 is 1.00 bits per heavy atom. The van der Waals surface area contributed by atoms with Crippen LogP contribution in [0.5, 0.6) is 0 Å². The predicted molar refractivity (Wildman–Crippen MR) is 110 cm³/mol. The first kappa shape index (κ1) is 22.5. The van der Waals surface area contributed by atoms with E-state index in [0.717, 1.165) is 10.1 Å². The van der Waals surface area contributed by atoms with Gasteiger partial charge in [-0.25, -0.2) is 4.79 Å². The molecule has 0 aliphatic carbocycles. The van der Waals surface area contributed by atoms with Gasteiger partial charge in [-0.05, 0) is 18.4 Å². The molecule has 9 nitrogen and oxygen atoms in total. The predicted octanol–water partition coefficient (Wildman–Crippen LogP) is 1.42. The summed E-state index contributed by atoms with van der Waals surface area (Å²) in [6, 6.07) is 10.8. The summed E-state index contributed by atoms with van der Waals surface area (Å²) in [5, 5.41) is 0. The molecule has 4 atom stereocenters. The van der Waals surface area contributed by atoms with Gasteiger partial charge in [0.15, 0.2) is 18.4 Å². The van der Waals surface area contributed by atoms with Crippen LogP contribution in [-0.4, -0.2) is 39.4 Å². The van der Waals surface area contributed by atoms with Gasteiger partial charge in [0.1, 0.15) is 6.10 Å². The van der Waals surface area contributed by atoms with Gasteiger partial charge in [-0.2, -0.15) is 0 Å². The van der Waals surface area contributed by atoms with Crippen molar-refractivity contribution in [3.8, 4) is 0 Å². The molecule has 0 saturated carbocycles. The lowest BCUT2D eigenvalue weighted by Gasteiger charge is -2.24. The second kappa shape index (κ2) is 9.74. The molecule has 1 aromatic carbocycles. The molecule has 9 heteroatoms. The van der Waals surface area contributed by atoms with Gasteiger partial charge in [0.2, 0.25) is 0 Å². The zero-order valence-corrected chi connectivity index (χ0v) is 17.7. The standard InChI is InChI=1S/C22H26N2O7/c1-4-17-19(29-14(2)25)20(30-15(3)26)21(31-17)24-13-11-18(27)23(22(24)28)12-10-16-8-6-5-7-9-16/h5-9,11,13,17,19-21H,4,10,12H2,1-3H3/t17?,19?,20-,21?/m0/s1. The molecule has 0 radical (unpaired) electrons. The number of carbonyl (C=O) groups is 2. The van der Waals surface area contributed by atoms with Crippen molar-refractivity contribution in [2.24, 2.45) is 0 Å². The zero-order chi connectivity index (χ0) is 22.5. The maximum absolute atomic E-state index is 13.2. The maximum Gasteiger partial charge on any atom is 0.333 e. The van der Waals surface area contributed by atoms with E-state index >= 15 is 0 Å². The van der Waals surface area contributed by atoms with Crippen molar-refractivity contribution in [1.82, 2.24) is 9.13 Å². The van der Waals surface area contributed by atoms with E-state index in [2.05, 4.69) is 0 Å². The topological polar surface area (TPSA) is 106 Å². The highest BCUT2D eigenvalue weighted by atomic mass is 16.6. The number of rotatable bonds is 7. The molecule has 0 amide bonds. The smallest absolute Gasteiger partial charge is 0.333 e. The molecule has 2 aromatic rings. The number of aromatic nitrogens is 2. The van der Waals surface area contributed by atoms with E-state index in [1.54, 1.807) is 0 Å². The lowest BCUT2D eigenvalue weighted by molar-refractivity contribution is -0.165. The van der Waals surface area contributed by atoms with Gasteiger partial charge >= 0.3 is 17.6 Å². The molecule has 1 saturated heterocycles. The Bertz CT molecular complexity index is 1040. The third-order valence-electron chi connectivity index (χ3n) is 5.13. The summed E-state index contributed by atoms with van der Waals surface area (Å²) in [6.45, 7) is 4.49. The first-order valence-corrected chi connectivity index (χ1v) is 10.2. The molecule has 0 spiro atoms. The summed E-state index contributed by atoms with van der Waals surface area (Å²) < 4.78 is 19.0. The second-order valence-electron chi connectivity index (χ2n) is 7.35. The van der Waals surface area contributed by atoms with Gasteiger partial charge in [0.05, 0.1) is 0 Å². The molecule has 1 aromatic heterocycles. The lowest BCUT2D eigenvalue weighted by atomic mass is 10.1. The van der Waals surface area contributed by atoms with Crippen LogP contribution < -0.4 is 11.2 Å². The molecule has 1 aliphatic heterocycles. The van der Waals surface area contributed by atoms with Crippen LogP contribution in [0.4, 0.5) is 0 Å². The Morgan fingerprint density at radius 2 is 1.65 bits per heavy atom. The normalized spacial score (nSPS) is 22.8. The average molecular weight is 430 g/mol. The van der Waals surface area contributed by atoms with Crippen molar-refractivity contribution in [2.75, 3.05) is 0 Å². The Kier molecular flexibility index (Phi) is 7.06. The van der Waals surface area contributed by atoms with Crippen LogP contribution in [0, 0.1) is 0 Å². The van der Waals surface area contributed by atoms with E-state index in [0.29, 0.717) is 12.8 Å². The van der Waals surface area contributed by atoms with Gasteiger partial charge in [-0.1, -0.05) is 37.3 Å². The third kappa shape index (κ3) is 5.11. The number of nitrogens with zero attached hydrogens (tertiary/aromatic N) is 2. The van der Waals surface area contributed by atoms with Gasteiger partial charge in [0.25, 0.3) is 5.56 Å². The van der Waals surface area contributed by atoms with E-state index in [1.165, 1.54) is 30.7 Å². The number of hydrogen-bond acceptors (Lipinski definition) is 7. The fraction of sp³-hybridized carbons (Fsp3) is 0.455. The van der Waals surface area contributed by atoms with Crippen molar-refractivity contribution in [2.45, 2.75) is 64.7 Å². The summed E-state index contributed by atoms with van der Waals surface area (Å²) in [5.74, 6) is -1.15. The number of hydrogen-bond donors (Lipinski definition) is 0. The van der Waals surface area contributed by atoms with E-state index in [1.807, 2.05) is 37.3 Å². The van der Waals surface area contributed by atoms with Crippen molar-refractivity contribution >= 4 is 11.9 Å². The first-order valence-electron chi connectivity index (χ1n) is 10.2. The minimum atomic E-state index is -1.03. The molecule has 3 rings (SSSR count). The van der Waals surface area contributed by atoms with Crippen molar-refractivity contribution < 1.29 is 23.8 Å². The molecule has 1 fully saturated rings. The average Bonchev–Trinajstić information content (AvgIpc) is 3.04. The molecule has 0 bridgehead atoms. The molecule has 31 heavy (non-hydrogen) atoms. The summed E-state index contributed by atoms with van der Waals surface area (Å²) in [5.41, 5.74) is -0.0493. The molecule has 166 valence electrons. The van der Waals surface area contributed by atoms with Crippen molar-refractivity contribution in [3.05, 3.63) is 69.0 Å². The summed E-state index contributed by atoms with van der Waals surface area (Å²) in [7, 11) is 0. The Balaban J connectivity index is 1.95. The van der Waals surface area contributed by atoms with Crippen molar-refractivity contribution in [3.63, 3.8) is 0 Å². The maximum atomic E-state index is 13.2. The van der Waals surface area contributed by atoms with E-state index in [-0.39, 0.29) is 6.54 Å². The summed E-state index contributed by atoms with van der Waals surface area (Å²) in [6.07, 6.45) is -1.23. The molecule has 3 unspecified atom stereocenters. The van der Waals surface area contributed by atoms with Crippen LogP contribution in [0.25, 0.3) is 0 Å². The lowest BCUT2D eigenvalue weighted by Crippen LogP contribution is -2.45. The number of carbonyl (C=O) groups excluding carboxylic acids is 2. The van der Waals surface area contributed by atoms with Crippen LogP contribution in [0.3, 0.4) is 0 Å². The molecule has 2 heterocycles. The highest BCUT2D eigenvalue weighted by Crippen LogP contribution is 2.34. The largest absolute Gasteiger partial charge is 0.456 e. The Morgan fingerprint density at radius 3 is 2.26 bits per heavy atom. The fourth-order valence-electron chi connectivity index (χ4n) is 3.73. The van der Waals surface area contributed by atoms with E-state index in [9.17, 15) is 19.2 Å². The number of benzene rings is 1. The van der Waals surface area contributed by atoms with Crippen LogP contribution in [0.1, 0.15) is 39.0 Å². The van der Waals surface area contributed by atoms with Crippen LogP contribution in [-0.2, 0) is 36.8 Å². The molecular weight excluding hydrogens is 404 g/mol. The monoisotopic (exact) mass is 430 g/mol. The minimum Gasteiger partial charge on any atom is -0.456 e. The number of ether oxygens (including phenoxy) is 3. The molecular formula is C22H26N2O7. The SMILES string of the molecule is CCC1OC(n2ccc(=O)n(CCc3ccccc3)c2=O)[C@@H](OC(C)=O)C1OC(C)=O. The van der Waals surface area contributed by atoms with Gasteiger partial charge in [-0.3, -0.25) is 23.5 Å². The Labute approximate surface area is 179 Å². The van der Waals surface area contributed by atoms with Crippen LogP contribution >= 0.6 is 0 Å². The van der Waals surface area contributed by atoms with Crippen molar-refractivity contribution in [1.29, 1.82) is 0 Å². The summed E-state index contributed by atoms with van der Waals surface area (Å²) >= 11 is 0. The number of aryl methyl sites for hydroxylation is 1. The zero-order valence-electron chi connectivity index (χ0n) is 17.7. The molecule has 1 aliphatic rings. The summed E-state index contributed by atoms with van der Waals surface area (Å²) in [4.78, 5) is 48.8. The van der Waals surface area contributed by atoms with Gasteiger partial charge < -0.3 is 14.2 Å². The minimum absolute atomic E-state index is 0.179. The van der Waals surface area contributed by atoms with Gasteiger partial charge in [0, 0.05) is 32.7 Å². The van der Waals surface area contributed by atoms with Gasteiger partial charge in [-0.15, -0.1) is 0 Å². The van der Waals surface area contributed by atoms with E-state index in [4.69, 9.17) is 14.2 Å². The first-order chi connectivity index (χ1) is 14.8. The van der Waals surface area contributed by atoms with E-state index < -0.39 is 47.7 Å². The third-order valence-corrected chi connectivity index (χ3v) is 5.13. The van der Waals surface area contributed by atoms with Crippen LogP contribution in [0.15, 0.2) is 52.2 Å². The highest BCUT2D eigenvalue weighted by Gasteiger charge is 2.49. The van der Waals surface area contributed by atoms with Crippen LogP contribution in [0.2, 0.25) is 0 Å². The number of esters is 2. The fourth-order valence-corrected chi connectivity index (χ4v) is 3.73. The second-order valence-corrected chi connectivity index (χ2v) is 7.35. The molecule has 0 N–H and O–H groups in total. The quantitative estimate of drug-likeness (QED) is 0.612.